The second-order valence-electron chi connectivity index (χ2n) is 10.2. The first-order valence-corrected chi connectivity index (χ1v) is 16.8. The van der Waals surface area contributed by atoms with E-state index in [1.165, 1.54) is 72.8 Å². The van der Waals surface area contributed by atoms with Crippen molar-refractivity contribution < 1.29 is 25.9 Å². The van der Waals surface area contributed by atoms with Crippen molar-refractivity contribution in [1.29, 1.82) is 0 Å². The van der Waals surface area contributed by atoms with Gasteiger partial charge in [-0.3, -0.25) is 9.11 Å². The lowest BCUT2D eigenvalue weighted by Crippen LogP contribution is -1.96. The van der Waals surface area contributed by atoms with Crippen molar-refractivity contribution in [3.8, 4) is 0 Å². The molecule has 0 heterocycles. The zero-order valence-electron chi connectivity index (χ0n) is 26.9. The molecule has 16 N–H and O–H groups in total. The maximum absolute atomic E-state index is 11.2. The minimum atomic E-state index is -4.34. The van der Waals surface area contributed by atoms with Gasteiger partial charge in [-0.05, 0) is 91.0 Å². The summed E-state index contributed by atoms with van der Waals surface area (Å²) in [5.74, 6) is 0. The molecule has 0 saturated carbocycles. The van der Waals surface area contributed by atoms with Gasteiger partial charge in [0.15, 0.2) is 0 Å². The van der Waals surface area contributed by atoms with Crippen LogP contribution in [-0.2, 0) is 20.2 Å². The van der Waals surface area contributed by atoms with Gasteiger partial charge in [-0.25, -0.2) is 0 Å². The van der Waals surface area contributed by atoms with Crippen LogP contribution in [0.3, 0.4) is 0 Å². The van der Waals surface area contributed by atoms with Crippen LogP contribution in [0.2, 0.25) is 0 Å². The van der Waals surface area contributed by atoms with Gasteiger partial charge in [0.2, 0.25) is 0 Å². The Morgan fingerprint density at radius 1 is 0.385 bits per heavy atom. The van der Waals surface area contributed by atoms with Gasteiger partial charge < -0.3 is 35.2 Å². The highest BCUT2D eigenvalue weighted by atomic mass is 32.2. The number of anilines is 4. The minimum Gasteiger partial charge on any atom is -0.397 e. The molecule has 0 unspecified atom stereocenters. The van der Waals surface area contributed by atoms with E-state index in [0.717, 1.165) is 0 Å². The van der Waals surface area contributed by atoms with E-state index in [9.17, 15) is 16.8 Å². The Morgan fingerprint density at radius 2 is 0.673 bits per heavy atom. The third kappa shape index (κ3) is 10.2. The quantitative estimate of drug-likeness (QED) is 0.0378. The molecule has 0 saturated heterocycles. The summed E-state index contributed by atoms with van der Waals surface area (Å²) in [6.07, 6.45) is 0. The zero-order chi connectivity index (χ0) is 36.1. The van der Waals surface area contributed by atoms with Crippen LogP contribution in [0, 0.1) is 0 Å². The normalized spacial score (nSPS) is 12.0. The SMILES string of the molecule is N.N.Nc1cc(N)c(N=Nc2cccc(N=Nc3cc(N=Nc4ccc(S(=O)(=O)O)cc4)c(N)cc3N)c2)cc1N=Nc1ccc(S(=O)(=O)O)cc1. The fourth-order valence-corrected chi connectivity index (χ4v) is 4.96. The summed E-state index contributed by atoms with van der Waals surface area (Å²) in [6, 6.07) is 22.6. The average molecular weight is 749 g/mol. The van der Waals surface area contributed by atoms with Crippen LogP contribution in [0.1, 0.15) is 0 Å². The zero-order valence-corrected chi connectivity index (χ0v) is 28.5. The minimum absolute atomic E-state index is 0. The predicted molar refractivity (Wildman–Crippen MR) is 196 cm³/mol. The molecular formula is C30H32N14O6S2. The monoisotopic (exact) mass is 748 g/mol. The Kier molecular flexibility index (Phi) is 12.6. The van der Waals surface area contributed by atoms with E-state index in [-0.39, 0.29) is 67.6 Å². The first-order valence-electron chi connectivity index (χ1n) is 14.0. The van der Waals surface area contributed by atoms with E-state index in [1.807, 2.05) is 0 Å². The highest BCUT2D eigenvalue weighted by Gasteiger charge is 2.11. The molecule has 0 bridgehead atoms. The van der Waals surface area contributed by atoms with E-state index in [4.69, 9.17) is 32.0 Å². The molecule has 20 nitrogen and oxygen atoms in total. The Hall–Kier alpha value is -6.56. The molecule has 270 valence electrons. The lowest BCUT2D eigenvalue weighted by atomic mass is 10.2. The van der Waals surface area contributed by atoms with E-state index >= 15 is 0 Å². The maximum atomic E-state index is 11.2. The number of nitrogens with zero attached hydrogens (tertiary/aromatic N) is 8. The summed E-state index contributed by atoms with van der Waals surface area (Å²) in [5.41, 5.74) is 27.5. The number of hydrogen-bond acceptors (Lipinski definition) is 18. The first-order chi connectivity index (χ1) is 23.7. The number of nitrogen functional groups attached to an aromatic ring is 4. The fourth-order valence-electron chi connectivity index (χ4n) is 4.00. The van der Waals surface area contributed by atoms with Crippen LogP contribution in [0.4, 0.5) is 68.2 Å². The third-order valence-electron chi connectivity index (χ3n) is 6.54. The van der Waals surface area contributed by atoms with Crippen molar-refractivity contribution in [2.24, 2.45) is 40.9 Å². The molecule has 0 fully saturated rings. The van der Waals surface area contributed by atoms with Gasteiger partial charge in [-0.2, -0.15) is 37.3 Å². The molecule has 22 heteroatoms. The van der Waals surface area contributed by atoms with E-state index in [1.54, 1.807) is 24.3 Å². The second-order valence-corrected chi connectivity index (χ2v) is 13.0. The van der Waals surface area contributed by atoms with Gasteiger partial charge in [-0.15, -0.1) is 20.5 Å². The van der Waals surface area contributed by atoms with Crippen LogP contribution in [0.15, 0.2) is 148 Å². The van der Waals surface area contributed by atoms with Crippen molar-refractivity contribution in [1.82, 2.24) is 12.3 Å². The first kappa shape index (κ1) is 39.9. The van der Waals surface area contributed by atoms with Crippen LogP contribution in [0.25, 0.3) is 0 Å². The molecule has 0 aliphatic carbocycles. The van der Waals surface area contributed by atoms with Crippen molar-refractivity contribution in [3.63, 3.8) is 0 Å². The van der Waals surface area contributed by atoms with Gasteiger partial charge in [-0.1, -0.05) is 6.07 Å². The number of rotatable bonds is 10. The summed E-state index contributed by atoms with van der Waals surface area (Å²) in [5, 5.41) is 33.1. The Bertz CT molecular complexity index is 2250. The highest BCUT2D eigenvalue weighted by Crippen LogP contribution is 2.37. The second kappa shape index (κ2) is 16.4. The molecule has 0 aliphatic heterocycles. The van der Waals surface area contributed by atoms with Gasteiger partial charge in [0.05, 0.1) is 55.3 Å². The van der Waals surface area contributed by atoms with Gasteiger partial charge in [0, 0.05) is 0 Å². The molecule has 0 aromatic heterocycles. The van der Waals surface area contributed by atoms with E-state index in [0.29, 0.717) is 22.7 Å². The third-order valence-corrected chi connectivity index (χ3v) is 8.28. The standard InChI is InChI=1S/C30H26N12O6S2.2H3N/c31-23-13-25(33)29(15-27(23)39-35-17-4-8-21(9-5-17)49(43,44)45)41-37-19-2-1-3-20(12-19)38-42-30-16-28(24(32)14-26(30)34)40-36-18-6-10-22(11-7-18)50(46,47)48;;/h1-16H,31-34H2,(H,43,44,45)(H,46,47,48);2*1H3. The molecule has 52 heavy (non-hydrogen) atoms. The van der Waals surface area contributed by atoms with E-state index in [2.05, 4.69) is 40.9 Å². The summed E-state index contributed by atoms with van der Waals surface area (Å²) < 4.78 is 63.2. The van der Waals surface area contributed by atoms with Crippen LogP contribution in [-0.4, -0.2) is 25.9 Å². The lowest BCUT2D eigenvalue weighted by Gasteiger charge is -2.05. The van der Waals surface area contributed by atoms with Gasteiger partial charge in [0.1, 0.15) is 22.7 Å². The summed E-state index contributed by atoms with van der Waals surface area (Å²) in [6.45, 7) is 0. The summed E-state index contributed by atoms with van der Waals surface area (Å²) in [4.78, 5) is -0.571. The fraction of sp³-hybridized carbons (Fsp3) is 0. The Labute approximate surface area is 296 Å². The number of nitrogens with two attached hydrogens (primary N) is 4. The topological polar surface area (TPSA) is 382 Å². The van der Waals surface area contributed by atoms with Crippen molar-refractivity contribution in [2.75, 3.05) is 22.9 Å². The molecule has 5 aromatic carbocycles. The maximum Gasteiger partial charge on any atom is 0.294 e. The molecule has 0 atom stereocenters. The Balaban J connectivity index is 0.00000364. The molecule has 0 amide bonds. The molecule has 5 aromatic rings. The molecule has 0 aliphatic rings. The Morgan fingerprint density at radius 3 is 0.962 bits per heavy atom. The number of azo groups is 4. The summed E-state index contributed by atoms with van der Waals surface area (Å²) in [7, 11) is -8.69. The van der Waals surface area contributed by atoms with E-state index < -0.39 is 20.2 Å². The van der Waals surface area contributed by atoms with Crippen molar-refractivity contribution in [2.45, 2.75) is 9.79 Å². The molecular weight excluding hydrogens is 717 g/mol. The smallest absolute Gasteiger partial charge is 0.294 e. The molecule has 5 rings (SSSR count). The lowest BCUT2D eigenvalue weighted by molar-refractivity contribution is 0.481. The van der Waals surface area contributed by atoms with Crippen LogP contribution >= 0.6 is 0 Å². The van der Waals surface area contributed by atoms with Crippen molar-refractivity contribution >= 4 is 88.5 Å². The number of hydrogen-bond donors (Lipinski definition) is 8. The van der Waals surface area contributed by atoms with Gasteiger partial charge in [0.25, 0.3) is 20.2 Å². The highest BCUT2D eigenvalue weighted by molar-refractivity contribution is 7.86. The largest absolute Gasteiger partial charge is 0.397 e. The molecule has 0 radical (unpaired) electrons. The summed E-state index contributed by atoms with van der Waals surface area (Å²) >= 11 is 0. The van der Waals surface area contributed by atoms with Crippen LogP contribution in [0.5, 0.6) is 0 Å². The van der Waals surface area contributed by atoms with Crippen LogP contribution < -0.4 is 35.2 Å². The average Bonchev–Trinajstić information content (AvgIpc) is 3.06. The molecule has 0 spiro atoms. The predicted octanol–water partition coefficient (Wildman–Crippen LogP) is 8.49. The van der Waals surface area contributed by atoms with Crippen molar-refractivity contribution in [3.05, 3.63) is 97.1 Å². The number of benzene rings is 5. The van der Waals surface area contributed by atoms with Gasteiger partial charge >= 0.3 is 0 Å².